The summed E-state index contributed by atoms with van der Waals surface area (Å²) >= 11 is 5.56. The molecular formula is C141H107N5OS3. The Kier molecular flexibility index (Phi) is 24.6. The lowest BCUT2D eigenvalue weighted by Gasteiger charge is -2.22. The molecule has 0 atom stereocenters. The van der Waals surface area contributed by atoms with Crippen molar-refractivity contribution in [2.24, 2.45) is 0 Å². The van der Waals surface area contributed by atoms with Crippen LogP contribution in [0.25, 0.3) is 171 Å². The Morgan fingerprint density at radius 3 is 0.973 bits per heavy atom. The SMILES string of the molecule is CC1(C)c2ccccc2-c2cc(Nc3ccc4c(c3)-c3ccccc3C4(C)C)ccc21.CC1(C)c2ccccc2-c2ccc(Nc3ccc(-c4ccc5oc6ccccc6c5c4)cc3)cc21.c1ccc(Nc2ccc(-c3ccccc3)c(-c3ccc(-c4ccccc4)cc3)c2)cc1.c1ccc(Nc2ccc3sc4ccccc4c3c2)cc1.c1ccc2c(c1)sc1cc(Nc3ccc(-c4ccc5sc6ccccc6c5c4)cc3)ccc12. The quantitative estimate of drug-likeness (QED) is 0.0705. The molecule has 26 aromatic rings. The highest BCUT2D eigenvalue weighted by atomic mass is 32.1. The smallest absolute Gasteiger partial charge is 0.135 e. The normalized spacial score (nSPS) is 12.8. The average molecular weight is 1980 g/mol. The molecule has 0 saturated carbocycles. The maximum absolute atomic E-state index is 5.99. The van der Waals surface area contributed by atoms with E-state index in [9.17, 15) is 0 Å². The standard InChI is InChI=1S/C33H25NO.C30H19NS2.C30H27N.C30H23N.C18H13NS/c1-33(2)29-9-5-3-7-25(29)26-17-16-24(20-30(26)33)34-23-14-11-21(12-15-23)22-13-18-32-28(19-22)27-8-4-6-10-31(27)35-32;1-3-7-27-23(5-1)25-15-14-22(18-30(25)33-27)31-21-12-9-19(10-13-21)20-11-16-29-26(17-20)24-6-2-4-8-28(24)32-29;1-29(2)25-11-7-5-9-21(25)23-17-19(13-15-27(23)29)31-20-14-16-28-24(18-20)22-10-6-8-12-26(22)30(28,3)4;1-4-10-23(11-5-1)24-16-18-26(19-17-24)30-22-28(31-27-14-8-3-9-15-27)20-21-29(30)25-12-6-2-7-13-25;1-2-6-13(7-3-1)19-14-10-11-18-16(12-14)15-8-4-5-9-17(15)20-18/h3-20,34H,1-2H3;1-18,31H;5-18,31H,1-4H3;1-22,31H;1-12,19H. The maximum atomic E-state index is 5.99. The zero-order chi connectivity index (χ0) is 101. The van der Waals surface area contributed by atoms with Crippen molar-refractivity contribution < 1.29 is 4.42 Å². The lowest BCUT2D eigenvalue weighted by molar-refractivity contribution is 0.660. The van der Waals surface area contributed by atoms with Crippen LogP contribution >= 0.6 is 34.0 Å². The van der Waals surface area contributed by atoms with E-state index in [0.717, 1.165) is 78.8 Å². The number of nitrogens with one attached hydrogen (secondary N) is 5. The molecule has 0 saturated heterocycles. The summed E-state index contributed by atoms with van der Waals surface area (Å²) in [4.78, 5) is 0. The molecular weight excluding hydrogens is 1880 g/mol. The predicted molar refractivity (Wildman–Crippen MR) is 647 cm³/mol. The summed E-state index contributed by atoms with van der Waals surface area (Å²) < 4.78 is 14.0. The van der Waals surface area contributed by atoms with Crippen LogP contribution in [-0.4, -0.2) is 0 Å². The fraction of sp³-hybridized carbons (Fsp3) is 0.0638. The number of hydrogen-bond donors (Lipinski definition) is 5. The van der Waals surface area contributed by atoms with Crippen molar-refractivity contribution in [2.75, 3.05) is 26.6 Å². The topological polar surface area (TPSA) is 73.3 Å². The second-order valence-electron chi connectivity index (χ2n) is 40.6. The Morgan fingerprint density at radius 1 is 0.147 bits per heavy atom. The zero-order valence-electron chi connectivity index (χ0n) is 84.1. The molecule has 3 aliphatic carbocycles. The van der Waals surface area contributed by atoms with Crippen LogP contribution in [0.1, 0.15) is 74.9 Å². The van der Waals surface area contributed by atoms with E-state index in [2.05, 4.69) is 529 Å². The van der Waals surface area contributed by atoms with E-state index in [1.54, 1.807) is 0 Å². The molecule has 4 aromatic heterocycles. The predicted octanol–water partition coefficient (Wildman–Crippen LogP) is 41.4. The van der Waals surface area contributed by atoms with E-state index in [-0.39, 0.29) is 16.2 Å². The van der Waals surface area contributed by atoms with Gasteiger partial charge in [0.2, 0.25) is 0 Å². The van der Waals surface area contributed by atoms with Gasteiger partial charge < -0.3 is 31.0 Å². The first kappa shape index (κ1) is 93.4. The number of furan rings is 1. The van der Waals surface area contributed by atoms with Gasteiger partial charge in [0.15, 0.2) is 0 Å². The van der Waals surface area contributed by atoms with Gasteiger partial charge in [0.05, 0.1) is 0 Å². The first-order valence-corrected chi connectivity index (χ1v) is 53.9. The first-order valence-electron chi connectivity index (χ1n) is 51.4. The number of fused-ring (bicyclic) bond motifs is 21. The summed E-state index contributed by atoms with van der Waals surface area (Å²) in [7, 11) is 0. The Hall–Kier alpha value is -17.7. The molecule has 0 bridgehead atoms. The van der Waals surface area contributed by atoms with E-state index in [1.807, 2.05) is 82.5 Å². The Balaban J connectivity index is 0.0000000979. The Morgan fingerprint density at radius 2 is 0.433 bits per heavy atom. The van der Waals surface area contributed by atoms with E-state index in [0.29, 0.717) is 0 Å². The highest BCUT2D eigenvalue weighted by Gasteiger charge is 2.38. The van der Waals surface area contributed by atoms with Crippen molar-refractivity contribution in [3.63, 3.8) is 0 Å². The van der Waals surface area contributed by atoms with Gasteiger partial charge in [-0.2, -0.15) is 0 Å². The molecule has 0 fully saturated rings. The van der Waals surface area contributed by atoms with Gasteiger partial charge in [0.25, 0.3) is 0 Å². The third-order valence-electron chi connectivity index (χ3n) is 30.1. The second kappa shape index (κ2) is 39.6. The summed E-state index contributed by atoms with van der Waals surface area (Å²) in [5.41, 5.74) is 41.8. The van der Waals surface area contributed by atoms with Gasteiger partial charge in [-0.05, 0) is 298 Å². The van der Waals surface area contributed by atoms with Gasteiger partial charge >= 0.3 is 0 Å². The molecule has 3 aliphatic rings. The van der Waals surface area contributed by atoms with Crippen LogP contribution in [0.15, 0.2) is 514 Å². The minimum Gasteiger partial charge on any atom is -0.456 e. The minimum atomic E-state index is 0.00335. The van der Waals surface area contributed by atoms with E-state index >= 15 is 0 Å². The third-order valence-corrected chi connectivity index (χ3v) is 33.5. The van der Waals surface area contributed by atoms with Gasteiger partial charge in [-0.25, -0.2) is 0 Å². The molecule has 0 amide bonds. The van der Waals surface area contributed by atoms with Gasteiger partial charge in [-0.15, -0.1) is 34.0 Å². The van der Waals surface area contributed by atoms with Crippen LogP contribution in [0, 0.1) is 0 Å². The summed E-state index contributed by atoms with van der Waals surface area (Å²) in [6, 6.07) is 182. The zero-order valence-corrected chi connectivity index (χ0v) is 86.6. The van der Waals surface area contributed by atoms with Crippen molar-refractivity contribution in [1.29, 1.82) is 0 Å². The lowest BCUT2D eigenvalue weighted by Crippen LogP contribution is -2.15. The summed E-state index contributed by atoms with van der Waals surface area (Å²) in [6.45, 7) is 13.9. The highest BCUT2D eigenvalue weighted by Crippen LogP contribution is 2.54. The number of thiophene rings is 3. The average Bonchev–Trinajstić information content (AvgIpc) is 1.58. The van der Waals surface area contributed by atoms with E-state index in [4.69, 9.17) is 4.42 Å². The van der Waals surface area contributed by atoms with Crippen LogP contribution in [-0.2, 0) is 16.2 Å². The number of hydrogen-bond acceptors (Lipinski definition) is 9. The molecule has 29 rings (SSSR count). The molecule has 0 radical (unpaired) electrons. The molecule has 150 heavy (non-hydrogen) atoms. The molecule has 22 aromatic carbocycles. The number of anilines is 10. The van der Waals surface area contributed by atoms with Crippen LogP contribution < -0.4 is 26.6 Å². The van der Waals surface area contributed by atoms with Crippen LogP contribution in [0.2, 0.25) is 0 Å². The number of para-hydroxylation sites is 3. The van der Waals surface area contributed by atoms with Crippen LogP contribution in [0.5, 0.6) is 0 Å². The van der Waals surface area contributed by atoms with Crippen molar-refractivity contribution in [1.82, 2.24) is 0 Å². The Bertz CT molecular complexity index is 9450. The molecule has 720 valence electrons. The molecule has 5 N–H and O–H groups in total. The summed E-state index contributed by atoms with van der Waals surface area (Å²) in [6.07, 6.45) is 0. The number of benzene rings is 22. The molecule has 0 aliphatic heterocycles. The van der Waals surface area contributed by atoms with E-state index in [1.165, 1.54) is 183 Å². The lowest BCUT2D eigenvalue weighted by atomic mass is 9.82. The molecule has 9 heteroatoms. The van der Waals surface area contributed by atoms with Crippen molar-refractivity contribution in [3.05, 3.63) is 543 Å². The fourth-order valence-corrected chi connectivity index (χ4v) is 25.7. The fourth-order valence-electron chi connectivity index (χ4n) is 22.4. The summed E-state index contributed by atoms with van der Waals surface area (Å²) in [5.74, 6) is 0. The first-order chi connectivity index (χ1) is 73.5. The van der Waals surface area contributed by atoms with Crippen LogP contribution in [0.4, 0.5) is 56.9 Å². The van der Waals surface area contributed by atoms with E-state index < -0.39 is 0 Å². The Labute approximate surface area is 887 Å². The molecule has 0 spiro atoms. The van der Waals surface area contributed by atoms with Gasteiger partial charge in [-0.3, -0.25) is 0 Å². The summed E-state index contributed by atoms with van der Waals surface area (Å²) in [5, 5.41) is 28.2. The second-order valence-corrected chi connectivity index (χ2v) is 43.9. The van der Waals surface area contributed by atoms with Gasteiger partial charge in [-0.1, -0.05) is 375 Å². The number of rotatable bonds is 15. The van der Waals surface area contributed by atoms with Crippen molar-refractivity contribution in [3.8, 4) is 89.0 Å². The maximum Gasteiger partial charge on any atom is 0.135 e. The minimum absolute atomic E-state index is 0.00335. The molecule has 6 nitrogen and oxygen atoms in total. The molecule has 4 heterocycles. The van der Waals surface area contributed by atoms with Crippen molar-refractivity contribution >= 4 is 173 Å². The largest absolute Gasteiger partial charge is 0.456 e. The highest BCUT2D eigenvalue weighted by molar-refractivity contribution is 7.26. The van der Waals surface area contributed by atoms with Gasteiger partial charge in [0.1, 0.15) is 11.2 Å². The van der Waals surface area contributed by atoms with Crippen molar-refractivity contribution in [2.45, 2.75) is 57.8 Å². The molecule has 0 unspecified atom stereocenters. The van der Waals surface area contributed by atoms with Crippen LogP contribution in [0.3, 0.4) is 0 Å². The monoisotopic (exact) mass is 1980 g/mol. The third kappa shape index (κ3) is 18.3. The van der Waals surface area contributed by atoms with Gasteiger partial charge in [0, 0.05) is 144 Å².